The molecule has 8 heteroatoms. The van der Waals surface area contributed by atoms with Crippen LogP contribution in [0, 0.1) is 0 Å². The number of aryl methyl sites for hydroxylation is 1. The Morgan fingerprint density at radius 3 is 2.92 bits per heavy atom. The number of fused-ring (bicyclic) bond motifs is 1. The van der Waals surface area contributed by atoms with Gasteiger partial charge in [-0.1, -0.05) is 18.5 Å². The third-order valence-electron chi connectivity index (χ3n) is 4.07. The van der Waals surface area contributed by atoms with Gasteiger partial charge in [-0.15, -0.1) is 0 Å². The van der Waals surface area contributed by atoms with Gasteiger partial charge in [0.15, 0.2) is 10.8 Å². The number of halogens is 1. The van der Waals surface area contributed by atoms with Crippen LogP contribution < -0.4 is 5.32 Å². The van der Waals surface area contributed by atoms with E-state index < -0.39 is 5.60 Å². The maximum absolute atomic E-state index is 12.2. The number of nitrogens with one attached hydrogen (secondary N) is 1. The van der Waals surface area contributed by atoms with Crippen molar-refractivity contribution in [3.05, 3.63) is 23.1 Å². The highest BCUT2D eigenvalue weighted by Crippen LogP contribution is 2.24. The number of nitrogens with zero attached hydrogens (tertiary/aromatic N) is 4. The Labute approximate surface area is 152 Å². The van der Waals surface area contributed by atoms with Gasteiger partial charge in [0.05, 0.1) is 17.6 Å². The lowest BCUT2D eigenvalue weighted by Gasteiger charge is -2.24. The maximum atomic E-state index is 12.2. The van der Waals surface area contributed by atoms with Crippen LogP contribution in [0.4, 0.5) is 10.5 Å². The van der Waals surface area contributed by atoms with Gasteiger partial charge in [-0.3, -0.25) is 0 Å². The molecular weight excluding hydrogens is 342 g/mol. The Morgan fingerprint density at radius 1 is 1.48 bits per heavy atom. The molecule has 1 atom stereocenters. The topological polar surface area (TPSA) is 71.8 Å². The highest BCUT2D eigenvalue weighted by atomic mass is 35.5. The summed E-state index contributed by atoms with van der Waals surface area (Å²) in [6.45, 7) is 8.91. The number of carbonyl (C=O) groups excluding carboxylic acids is 1. The van der Waals surface area contributed by atoms with Crippen LogP contribution in [0.2, 0.25) is 5.15 Å². The lowest BCUT2D eigenvalue weighted by atomic mass is 10.2. The van der Waals surface area contributed by atoms with Crippen molar-refractivity contribution in [1.82, 2.24) is 19.5 Å². The number of likely N-dealkylation sites (tertiary alicyclic amines) is 1. The number of hydrogen-bond donors (Lipinski definition) is 1. The smallest absolute Gasteiger partial charge is 0.410 e. The molecule has 0 bridgehead atoms. The first-order chi connectivity index (χ1) is 11.8. The summed E-state index contributed by atoms with van der Waals surface area (Å²) >= 11 is 6.16. The van der Waals surface area contributed by atoms with Crippen LogP contribution in [0.15, 0.2) is 12.3 Å². The Morgan fingerprint density at radius 2 is 2.24 bits per heavy atom. The predicted molar refractivity (Wildman–Crippen MR) is 97.2 cm³/mol. The average Bonchev–Trinajstić information content (AvgIpc) is 3.12. The summed E-state index contributed by atoms with van der Waals surface area (Å²) in [5.41, 5.74) is 2.09. The van der Waals surface area contributed by atoms with Crippen molar-refractivity contribution in [2.45, 2.75) is 52.2 Å². The molecule has 0 spiro atoms. The molecule has 1 amide bonds. The molecule has 1 aliphatic rings. The minimum absolute atomic E-state index is 0.122. The standard InChI is InChI=1S/C17H24ClN5O2/c1-5-12-9-19-15-13(8-14(18)21-23(12)15)20-11-6-7-22(10-11)16(24)25-17(2,3)4/h8-9,11,20H,5-7,10H2,1-4H3/t11-/m0/s1. The molecule has 7 nitrogen and oxygen atoms in total. The van der Waals surface area contributed by atoms with E-state index in [1.54, 1.807) is 15.5 Å². The van der Waals surface area contributed by atoms with Crippen molar-refractivity contribution < 1.29 is 9.53 Å². The van der Waals surface area contributed by atoms with Crippen molar-refractivity contribution in [1.29, 1.82) is 0 Å². The number of hydrogen-bond acceptors (Lipinski definition) is 5. The average molecular weight is 366 g/mol. The van der Waals surface area contributed by atoms with E-state index in [4.69, 9.17) is 16.3 Å². The van der Waals surface area contributed by atoms with Crippen LogP contribution in [0.1, 0.15) is 39.8 Å². The molecule has 1 saturated heterocycles. The van der Waals surface area contributed by atoms with Gasteiger partial charge in [-0.25, -0.2) is 14.3 Å². The summed E-state index contributed by atoms with van der Waals surface area (Å²) in [5, 5.41) is 8.18. The zero-order valence-corrected chi connectivity index (χ0v) is 15.8. The fourth-order valence-corrected chi connectivity index (χ4v) is 3.11. The zero-order chi connectivity index (χ0) is 18.2. The lowest BCUT2D eigenvalue weighted by molar-refractivity contribution is 0.0293. The third-order valence-corrected chi connectivity index (χ3v) is 4.25. The largest absolute Gasteiger partial charge is 0.444 e. The van der Waals surface area contributed by atoms with Gasteiger partial charge in [0.2, 0.25) is 0 Å². The van der Waals surface area contributed by atoms with E-state index >= 15 is 0 Å². The maximum Gasteiger partial charge on any atom is 0.410 e. The molecule has 0 unspecified atom stereocenters. The van der Waals surface area contributed by atoms with E-state index in [0.29, 0.717) is 18.2 Å². The van der Waals surface area contributed by atoms with E-state index in [9.17, 15) is 4.79 Å². The summed E-state index contributed by atoms with van der Waals surface area (Å²) in [4.78, 5) is 18.4. The van der Waals surface area contributed by atoms with Crippen molar-refractivity contribution in [3.8, 4) is 0 Å². The molecule has 2 aromatic heterocycles. The molecule has 136 valence electrons. The molecule has 1 N–H and O–H groups in total. The molecule has 2 aromatic rings. The number of imidazole rings is 1. The van der Waals surface area contributed by atoms with Crippen molar-refractivity contribution >= 4 is 29.0 Å². The Kier molecular flexibility index (Phi) is 4.77. The van der Waals surface area contributed by atoms with Crippen LogP contribution in [0.5, 0.6) is 0 Å². The van der Waals surface area contributed by atoms with Crippen molar-refractivity contribution in [2.24, 2.45) is 0 Å². The van der Waals surface area contributed by atoms with Gasteiger partial charge in [0, 0.05) is 25.2 Å². The second kappa shape index (κ2) is 6.71. The van der Waals surface area contributed by atoms with Crippen molar-refractivity contribution in [3.63, 3.8) is 0 Å². The van der Waals surface area contributed by atoms with E-state index in [-0.39, 0.29) is 12.1 Å². The Balaban J connectivity index is 1.73. The van der Waals surface area contributed by atoms with Gasteiger partial charge in [-0.05, 0) is 33.6 Å². The molecule has 0 aliphatic carbocycles. The number of carbonyl (C=O) groups is 1. The van der Waals surface area contributed by atoms with E-state index in [1.807, 2.05) is 27.0 Å². The Hall–Kier alpha value is -2.02. The van der Waals surface area contributed by atoms with E-state index in [0.717, 1.165) is 29.9 Å². The van der Waals surface area contributed by atoms with Gasteiger partial charge in [-0.2, -0.15) is 5.10 Å². The van der Waals surface area contributed by atoms with Crippen LogP contribution in [0.25, 0.3) is 5.65 Å². The summed E-state index contributed by atoms with van der Waals surface area (Å²) in [6.07, 6.45) is 3.20. The lowest BCUT2D eigenvalue weighted by Crippen LogP contribution is -2.36. The number of amides is 1. The van der Waals surface area contributed by atoms with Crippen molar-refractivity contribution in [2.75, 3.05) is 18.4 Å². The summed E-state index contributed by atoms with van der Waals surface area (Å²) in [6, 6.07) is 1.90. The minimum Gasteiger partial charge on any atom is -0.444 e. The second-order valence-electron chi connectivity index (χ2n) is 7.28. The minimum atomic E-state index is -0.486. The number of anilines is 1. The van der Waals surface area contributed by atoms with Crippen LogP contribution in [-0.4, -0.2) is 50.3 Å². The van der Waals surface area contributed by atoms with Crippen LogP contribution in [-0.2, 0) is 11.2 Å². The fraction of sp³-hybridized carbons (Fsp3) is 0.588. The normalized spacial score (nSPS) is 18.0. The van der Waals surface area contributed by atoms with Crippen LogP contribution >= 0.6 is 11.6 Å². The molecule has 0 aromatic carbocycles. The summed E-state index contributed by atoms with van der Waals surface area (Å²) in [5.74, 6) is 0. The molecule has 0 radical (unpaired) electrons. The highest BCUT2D eigenvalue weighted by Gasteiger charge is 2.30. The number of aromatic nitrogens is 3. The van der Waals surface area contributed by atoms with Gasteiger partial charge < -0.3 is 15.0 Å². The Bertz CT molecular complexity index is 783. The number of rotatable bonds is 3. The number of ether oxygens (including phenoxy) is 1. The monoisotopic (exact) mass is 365 g/mol. The van der Waals surface area contributed by atoms with Gasteiger partial charge in [0.25, 0.3) is 0 Å². The van der Waals surface area contributed by atoms with Gasteiger partial charge >= 0.3 is 6.09 Å². The molecule has 0 saturated carbocycles. The van der Waals surface area contributed by atoms with E-state index in [1.165, 1.54) is 0 Å². The predicted octanol–water partition coefficient (Wildman–Crippen LogP) is 3.37. The quantitative estimate of drug-likeness (QED) is 0.902. The molecule has 3 rings (SSSR count). The molecule has 1 fully saturated rings. The van der Waals surface area contributed by atoms with Gasteiger partial charge in [0.1, 0.15) is 5.60 Å². The molecular formula is C17H24ClN5O2. The molecule has 25 heavy (non-hydrogen) atoms. The van der Waals surface area contributed by atoms with E-state index in [2.05, 4.69) is 22.3 Å². The SMILES string of the molecule is CCc1cnc2c(N[C@H]3CCN(C(=O)OC(C)(C)C)C3)cc(Cl)nn12. The summed E-state index contributed by atoms with van der Waals surface area (Å²) < 4.78 is 7.21. The fourth-order valence-electron chi connectivity index (χ4n) is 2.92. The third kappa shape index (κ3) is 3.98. The first kappa shape index (κ1) is 17.8. The first-order valence-electron chi connectivity index (χ1n) is 8.54. The second-order valence-corrected chi connectivity index (χ2v) is 7.66. The highest BCUT2D eigenvalue weighted by molar-refractivity contribution is 6.29. The zero-order valence-electron chi connectivity index (χ0n) is 15.0. The first-order valence-corrected chi connectivity index (χ1v) is 8.92. The molecule has 1 aliphatic heterocycles. The summed E-state index contributed by atoms with van der Waals surface area (Å²) in [7, 11) is 0. The van der Waals surface area contributed by atoms with Crippen LogP contribution in [0.3, 0.4) is 0 Å². The molecule has 3 heterocycles.